The Labute approximate surface area is 161 Å². The summed E-state index contributed by atoms with van der Waals surface area (Å²) in [5, 5.41) is 4.24. The van der Waals surface area contributed by atoms with Gasteiger partial charge >= 0.3 is 0 Å². The first-order valence-corrected chi connectivity index (χ1v) is 9.60. The molecule has 0 atom stereocenters. The van der Waals surface area contributed by atoms with Crippen LogP contribution in [-0.2, 0) is 13.1 Å². The van der Waals surface area contributed by atoms with Crippen LogP contribution < -0.4 is 15.0 Å². The Morgan fingerprint density at radius 3 is 2.46 bits per heavy atom. The lowest BCUT2D eigenvalue weighted by molar-refractivity contribution is -0.917. The first-order valence-electron chi connectivity index (χ1n) is 9.19. The number of ether oxygens (including phenoxy) is 1. The number of hydrogen-bond acceptors (Lipinski definition) is 2. The maximum absolute atomic E-state index is 5.59. The highest BCUT2D eigenvalue weighted by molar-refractivity contribution is 7.80. The van der Waals surface area contributed by atoms with Crippen molar-refractivity contribution in [2.75, 3.05) is 33.3 Å². The van der Waals surface area contributed by atoms with Crippen LogP contribution in [0.5, 0.6) is 5.75 Å². The highest BCUT2D eigenvalue weighted by Gasteiger charge is 2.22. The third kappa shape index (κ3) is 4.96. The van der Waals surface area contributed by atoms with Gasteiger partial charge in [-0.15, -0.1) is 0 Å². The van der Waals surface area contributed by atoms with E-state index in [1.54, 1.807) is 12.0 Å². The lowest BCUT2D eigenvalue weighted by Crippen LogP contribution is -3.13. The number of nitrogens with one attached hydrogen (secondary N) is 2. The second-order valence-electron chi connectivity index (χ2n) is 6.85. The number of thiocarbonyl (C=S) groups is 1. The minimum absolute atomic E-state index is 0.749. The molecule has 0 saturated carbocycles. The highest BCUT2D eigenvalue weighted by atomic mass is 32.1. The van der Waals surface area contributed by atoms with Crippen molar-refractivity contribution >= 4 is 17.3 Å². The van der Waals surface area contributed by atoms with Gasteiger partial charge in [-0.25, -0.2) is 0 Å². The van der Waals surface area contributed by atoms with Gasteiger partial charge in [0.05, 0.1) is 33.3 Å². The first-order chi connectivity index (χ1) is 12.7. The van der Waals surface area contributed by atoms with Crippen molar-refractivity contribution in [1.29, 1.82) is 0 Å². The largest absolute Gasteiger partial charge is 0.497 e. The minimum Gasteiger partial charge on any atom is -0.497 e. The maximum Gasteiger partial charge on any atom is 0.169 e. The molecule has 5 heteroatoms. The molecule has 0 amide bonds. The van der Waals surface area contributed by atoms with E-state index in [0.717, 1.165) is 50.1 Å². The molecule has 1 saturated heterocycles. The highest BCUT2D eigenvalue weighted by Crippen LogP contribution is 2.11. The summed E-state index contributed by atoms with van der Waals surface area (Å²) in [7, 11) is 1.68. The van der Waals surface area contributed by atoms with Gasteiger partial charge in [0.15, 0.2) is 5.11 Å². The van der Waals surface area contributed by atoms with Crippen LogP contribution in [-0.4, -0.2) is 43.3 Å². The van der Waals surface area contributed by atoms with Gasteiger partial charge in [0.25, 0.3) is 0 Å². The van der Waals surface area contributed by atoms with E-state index >= 15 is 0 Å². The number of rotatable bonds is 5. The molecule has 0 aromatic heterocycles. The molecule has 0 radical (unpaired) electrons. The van der Waals surface area contributed by atoms with E-state index in [1.807, 2.05) is 12.1 Å². The van der Waals surface area contributed by atoms with E-state index in [-0.39, 0.29) is 0 Å². The fourth-order valence-corrected chi connectivity index (χ4v) is 3.57. The molecule has 0 spiro atoms. The summed E-state index contributed by atoms with van der Waals surface area (Å²) < 4.78 is 5.19. The number of piperazine rings is 1. The Morgan fingerprint density at radius 1 is 1.12 bits per heavy atom. The summed E-state index contributed by atoms with van der Waals surface area (Å²) in [5.74, 6) is 0.879. The molecule has 1 aliphatic rings. The third-order valence-electron chi connectivity index (χ3n) is 5.06. The standard InChI is InChI=1S/C21H27N3OS/c1-17-5-3-4-6-19(17)16-23-11-13-24(14-12-23)21(26)22-15-18-7-9-20(25-2)10-8-18/h3-10H,11-16H2,1-2H3,(H,22,26)/p+1. The molecular weight excluding hydrogens is 342 g/mol. The molecule has 4 nitrogen and oxygen atoms in total. The van der Waals surface area contributed by atoms with Crippen molar-refractivity contribution in [3.05, 3.63) is 65.2 Å². The summed E-state index contributed by atoms with van der Waals surface area (Å²) in [6, 6.07) is 16.8. The zero-order chi connectivity index (χ0) is 18.4. The van der Waals surface area contributed by atoms with E-state index in [2.05, 4.69) is 53.5 Å². The Balaban J connectivity index is 1.43. The topological polar surface area (TPSA) is 28.9 Å². The summed E-state index contributed by atoms with van der Waals surface area (Å²) in [6.07, 6.45) is 0. The van der Waals surface area contributed by atoms with E-state index in [4.69, 9.17) is 17.0 Å². The monoisotopic (exact) mass is 370 g/mol. The van der Waals surface area contributed by atoms with Gasteiger partial charge in [0.1, 0.15) is 12.3 Å². The second-order valence-corrected chi connectivity index (χ2v) is 7.23. The number of nitrogens with zero attached hydrogens (tertiary/aromatic N) is 1. The van der Waals surface area contributed by atoms with Crippen LogP contribution in [0.4, 0.5) is 0 Å². The second kappa shape index (κ2) is 9.01. The molecule has 1 heterocycles. The van der Waals surface area contributed by atoms with Crippen LogP contribution in [0.2, 0.25) is 0 Å². The van der Waals surface area contributed by atoms with Crippen LogP contribution in [0.3, 0.4) is 0 Å². The molecule has 0 bridgehead atoms. The Bertz CT molecular complexity index is 724. The van der Waals surface area contributed by atoms with Crippen molar-refractivity contribution < 1.29 is 9.64 Å². The lowest BCUT2D eigenvalue weighted by Gasteiger charge is -2.34. The Morgan fingerprint density at radius 2 is 1.81 bits per heavy atom. The molecule has 2 aromatic rings. The van der Waals surface area contributed by atoms with Crippen LogP contribution in [0, 0.1) is 6.92 Å². The quantitative estimate of drug-likeness (QED) is 0.785. The van der Waals surface area contributed by atoms with Gasteiger partial charge in [0.2, 0.25) is 0 Å². The predicted molar refractivity (Wildman–Crippen MR) is 110 cm³/mol. The number of benzene rings is 2. The van der Waals surface area contributed by atoms with Crippen LogP contribution in [0.25, 0.3) is 0 Å². The number of hydrogen-bond donors (Lipinski definition) is 2. The Hall–Kier alpha value is -2.11. The SMILES string of the molecule is COc1ccc(CNC(=S)N2CC[NH+](Cc3ccccc3C)CC2)cc1. The molecule has 1 fully saturated rings. The van der Waals surface area contributed by atoms with E-state index < -0.39 is 0 Å². The molecule has 1 aliphatic heterocycles. The third-order valence-corrected chi connectivity index (χ3v) is 5.46. The average molecular weight is 371 g/mol. The number of quaternary nitrogens is 1. The number of aryl methyl sites for hydroxylation is 1. The minimum atomic E-state index is 0.749. The zero-order valence-electron chi connectivity index (χ0n) is 15.6. The van der Waals surface area contributed by atoms with Crippen molar-refractivity contribution in [3.8, 4) is 5.75 Å². The van der Waals surface area contributed by atoms with E-state index in [9.17, 15) is 0 Å². The smallest absolute Gasteiger partial charge is 0.169 e. The van der Waals surface area contributed by atoms with Gasteiger partial charge in [-0.3, -0.25) is 0 Å². The molecule has 138 valence electrons. The van der Waals surface area contributed by atoms with Gasteiger partial charge < -0.3 is 19.9 Å². The van der Waals surface area contributed by atoms with Crippen LogP contribution >= 0.6 is 12.2 Å². The lowest BCUT2D eigenvalue weighted by atomic mass is 10.1. The summed E-state index contributed by atoms with van der Waals surface area (Å²) in [6.45, 7) is 8.32. The first kappa shape index (κ1) is 18.7. The maximum atomic E-state index is 5.59. The normalized spacial score (nSPS) is 14.9. The van der Waals surface area contributed by atoms with Crippen molar-refractivity contribution in [2.24, 2.45) is 0 Å². The zero-order valence-corrected chi connectivity index (χ0v) is 16.4. The van der Waals surface area contributed by atoms with Crippen molar-refractivity contribution in [2.45, 2.75) is 20.0 Å². The van der Waals surface area contributed by atoms with Gasteiger partial charge in [-0.2, -0.15) is 0 Å². The summed E-state index contributed by atoms with van der Waals surface area (Å²) in [5.41, 5.74) is 4.05. The molecule has 0 unspecified atom stereocenters. The van der Waals surface area contributed by atoms with Crippen LogP contribution in [0.1, 0.15) is 16.7 Å². The summed E-state index contributed by atoms with van der Waals surface area (Å²) in [4.78, 5) is 3.92. The molecule has 26 heavy (non-hydrogen) atoms. The van der Waals surface area contributed by atoms with E-state index in [0.29, 0.717) is 0 Å². The van der Waals surface area contributed by atoms with Gasteiger partial charge in [0, 0.05) is 12.1 Å². The van der Waals surface area contributed by atoms with Crippen molar-refractivity contribution in [3.63, 3.8) is 0 Å². The average Bonchev–Trinajstić information content (AvgIpc) is 2.69. The molecule has 0 aliphatic carbocycles. The number of methoxy groups -OCH3 is 1. The summed E-state index contributed by atoms with van der Waals surface area (Å²) >= 11 is 5.59. The van der Waals surface area contributed by atoms with Crippen LogP contribution in [0.15, 0.2) is 48.5 Å². The predicted octanol–water partition coefficient (Wildman–Crippen LogP) is 1.78. The van der Waals surface area contributed by atoms with Gasteiger partial charge in [-0.05, 0) is 42.4 Å². The van der Waals surface area contributed by atoms with E-state index in [1.165, 1.54) is 16.7 Å². The molecule has 2 aromatic carbocycles. The van der Waals surface area contributed by atoms with Crippen molar-refractivity contribution in [1.82, 2.24) is 10.2 Å². The van der Waals surface area contributed by atoms with Gasteiger partial charge in [-0.1, -0.05) is 36.4 Å². The molecule has 2 N–H and O–H groups in total. The molecular formula is C21H28N3OS+. The molecule has 3 rings (SSSR count). The fourth-order valence-electron chi connectivity index (χ4n) is 3.31. The fraction of sp³-hybridized carbons (Fsp3) is 0.381. The Kier molecular flexibility index (Phi) is 6.47.